The number of hydrogen-bond acceptors (Lipinski definition) is 5. The molecule has 0 aromatic carbocycles. The second-order valence-corrected chi connectivity index (χ2v) is 8.12. The molecule has 0 spiro atoms. The lowest BCUT2D eigenvalue weighted by Gasteiger charge is -2.58. The van der Waals surface area contributed by atoms with Crippen LogP contribution in [-0.2, 0) is 19.1 Å². The lowest BCUT2D eigenvalue weighted by Crippen LogP contribution is -2.61. The van der Waals surface area contributed by atoms with Crippen molar-refractivity contribution in [3.05, 3.63) is 22.8 Å². The molecule has 5 atom stereocenters. The summed E-state index contributed by atoms with van der Waals surface area (Å²) in [6, 6.07) is 0. The molecular weight excluding hydrogens is 320 g/mol. The number of allylic oxidation sites excluding steroid dienone is 1. The Kier molecular flexibility index (Phi) is 4.34. The third kappa shape index (κ3) is 2.64. The maximum atomic E-state index is 12.2. The number of ether oxygens (including phenoxy) is 2. The molecule has 3 aliphatic rings. The Bertz CT molecular complexity index is 676. The maximum absolute atomic E-state index is 12.2. The van der Waals surface area contributed by atoms with Crippen molar-refractivity contribution in [3.63, 3.8) is 0 Å². The van der Waals surface area contributed by atoms with Crippen LogP contribution in [0.25, 0.3) is 0 Å². The van der Waals surface area contributed by atoms with Gasteiger partial charge in [0.2, 0.25) is 0 Å². The Morgan fingerprint density at radius 1 is 1.44 bits per heavy atom. The zero-order valence-corrected chi connectivity index (χ0v) is 15.7. The fourth-order valence-electron chi connectivity index (χ4n) is 4.70. The van der Waals surface area contributed by atoms with Gasteiger partial charge in [0.25, 0.3) is 0 Å². The smallest absolute Gasteiger partial charge is 0.334 e. The average Bonchev–Trinajstić information content (AvgIpc) is 2.83. The maximum Gasteiger partial charge on any atom is 0.334 e. The quantitative estimate of drug-likeness (QED) is 0.613. The highest BCUT2D eigenvalue weighted by atomic mass is 16.6. The molecule has 0 radical (unpaired) electrons. The van der Waals surface area contributed by atoms with E-state index in [4.69, 9.17) is 9.47 Å². The van der Waals surface area contributed by atoms with Crippen molar-refractivity contribution in [2.75, 3.05) is 0 Å². The molecule has 5 heteroatoms. The summed E-state index contributed by atoms with van der Waals surface area (Å²) >= 11 is 0. The standard InChI is InChI=1S/C20H28O5/c1-6-11(2)17(21)24-15-7-8-20(23)10-16-14(12(3)18(22)25-16)9-19(20,5)13(15)4/h6,13,15-16,23H,7-10H2,1-5H3/b11-6-/t13-,15-,16-,19+,20-/m0/s1. The molecule has 25 heavy (non-hydrogen) atoms. The van der Waals surface area contributed by atoms with E-state index < -0.39 is 11.0 Å². The molecular formula is C20H28O5. The number of carbonyl (C=O) groups is 2. The lowest BCUT2D eigenvalue weighted by atomic mass is 9.51. The van der Waals surface area contributed by atoms with Gasteiger partial charge in [0, 0.05) is 28.9 Å². The van der Waals surface area contributed by atoms with Gasteiger partial charge in [-0.2, -0.15) is 0 Å². The lowest BCUT2D eigenvalue weighted by molar-refractivity contribution is -0.204. The van der Waals surface area contributed by atoms with Crippen molar-refractivity contribution in [2.24, 2.45) is 11.3 Å². The first-order valence-corrected chi connectivity index (χ1v) is 9.10. The van der Waals surface area contributed by atoms with Crippen LogP contribution in [-0.4, -0.2) is 34.9 Å². The molecule has 2 saturated carbocycles. The van der Waals surface area contributed by atoms with E-state index in [9.17, 15) is 14.7 Å². The fourth-order valence-corrected chi connectivity index (χ4v) is 4.70. The molecule has 0 amide bonds. The van der Waals surface area contributed by atoms with Crippen LogP contribution in [0.5, 0.6) is 0 Å². The van der Waals surface area contributed by atoms with E-state index in [1.165, 1.54) is 0 Å². The summed E-state index contributed by atoms with van der Waals surface area (Å²) < 4.78 is 11.2. The summed E-state index contributed by atoms with van der Waals surface area (Å²) in [6.45, 7) is 9.45. The van der Waals surface area contributed by atoms with Gasteiger partial charge < -0.3 is 14.6 Å². The van der Waals surface area contributed by atoms with Crippen molar-refractivity contribution in [3.8, 4) is 0 Å². The Labute approximate surface area is 149 Å². The molecule has 0 aromatic heterocycles. The van der Waals surface area contributed by atoms with Crippen LogP contribution in [0.2, 0.25) is 0 Å². The second kappa shape index (κ2) is 5.97. The highest BCUT2D eigenvalue weighted by Crippen LogP contribution is 2.59. The minimum absolute atomic E-state index is 0.0168. The molecule has 0 saturated heterocycles. The highest BCUT2D eigenvalue weighted by molar-refractivity contribution is 5.91. The molecule has 0 bridgehead atoms. The minimum atomic E-state index is -0.913. The second-order valence-electron chi connectivity index (χ2n) is 8.12. The monoisotopic (exact) mass is 348 g/mol. The molecule has 5 nitrogen and oxygen atoms in total. The first-order valence-electron chi connectivity index (χ1n) is 9.10. The molecule has 1 N–H and O–H groups in total. The zero-order chi connectivity index (χ0) is 18.6. The molecule has 1 aliphatic heterocycles. The summed E-state index contributed by atoms with van der Waals surface area (Å²) in [7, 11) is 0. The molecule has 1 heterocycles. The van der Waals surface area contributed by atoms with E-state index in [1.807, 2.05) is 13.8 Å². The Morgan fingerprint density at radius 3 is 2.76 bits per heavy atom. The van der Waals surface area contributed by atoms with E-state index >= 15 is 0 Å². The first kappa shape index (κ1) is 18.2. The third-order valence-corrected chi connectivity index (χ3v) is 6.99. The van der Waals surface area contributed by atoms with Gasteiger partial charge in [-0.3, -0.25) is 0 Å². The van der Waals surface area contributed by atoms with Gasteiger partial charge in [-0.05, 0) is 45.6 Å². The van der Waals surface area contributed by atoms with Crippen LogP contribution in [0.3, 0.4) is 0 Å². The summed E-state index contributed by atoms with van der Waals surface area (Å²) in [6.07, 6.45) is 3.40. The van der Waals surface area contributed by atoms with E-state index in [1.54, 1.807) is 19.9 Å². The van der Waals surface area contributed by atoms with Crippen molar-refractivity contribution in [1.29, 1.82) is 0 Å². The van der Waals surface area contributed by atoms with Crippen LogP contribution < -0.4 is 0 Å². The van der Waals surface area contributed by atoms with E-state index in [0.29, 0.717) is 36.8 Å². The summed E-state index contributed by atoms with van der Waals surface area (Å²) in [4.78, 5) is 24.1. The largest absolute Gasteiger partial charge is 0.459 e. The predicted octanol–water partition coefficient (Wildman–Crippen LogP) is 3.07. The molecule has 3 rings (SSSR count). The summed E-state index contributed by atoms with van der Waals surface area (Å²) in [5.74, 6) is -0.584. The molecule has 0 unspecified atom stereocenters. The normalized spacial score (nSPS) is 41.1. The van der Waals surface area contributed by atoms with Crippen molar-refractivity contribution in [2.45, 2.75) is 78.1 Å². The van der Waals surface area contributed by atoms with E-state index in [2.05, 4.69) is 6.92 Å². The number of carbonyl (C=O) groups excluding carboxylic acids is 2. The van der Waals surface area contributed by atoms with Crippen LogP contribution in [0, 0.1) is 11.3 Å². The van der Waals surface area contributed by atoms with Gasteiger partial charge >= 0.3 is 11.9 Å². The SMILES string of the molecule is C/C=C(/C)C(=O)O[C@H]1CC[C@]2(O)C[C@@H]3OC(=O)C(C)=C3C[C@]2(C)[C@H]1C. The van der Waals surface area contributed by atoms with Gasteiger partial charge in [-0.15, -0.1) is 0 Å². The average molecular weight is 348 g/mol. The fraction of sp³-hybridized carbons (Fsp3) is 0.700. The van der Waals surface area contributed by atoms with Gasteiger partial charge in [0.05, 0.1) is 5.60 Å². The predicted molar refractivity (Wildman–Crippen MR) is 92.6 cm³/mol. The zero-order valence-electron chi connectivity index (χ0n) is 15.7. The van der Waals surface area contributed by atoms with Crippen molar-refractivity contribution in [1.82, 2.24) is 0 Å². The molecule has 138 valence electrons. The van der Waals surface area contributed by atoms with Gasteiger partial charge in [0.1, 0.15) is 12.2 Å². The first-order chi connectivity index (χ1) is 11.6. The number of fused-ring (bicyclic) bond motifs is 2. The Balaban J connectivity index is 1.88. The molecule has 0 aromatic rings. The minimum Gasteiger partial charge on any atom is -0.459 e. The third-order valence-electron chi connectivity index (χ3n) is 6.99. The number of aliphatic hydroxyl groups is 1. The van der Waals surface area contributed by atoms with Crippen LogP contribution in [0.1, 0.15) is 60.3 Å². The van der Waals surface area contributed by atoms with Gasteiger partial charge in [0.15, 0.2) is 0 Å². The highest BCUT2D eigenvalue weighted by Gasteiger charge is 2.61. The summed E-state index contributed by atoms with van der Waals surface area (Å²) in [5.41, 5.74) is 0.894. The van der Waals surface area contributed by atoms with Crippen molar-refractivity contribution >= 4 is 11.9 Å². The van der Waals surface area contributed by atoms with Crippen molar-refractivity contribution < 1.29 is 24.2 Å². The summed E-state index contributed by atoms with van der Waals surface area (Å²) in [5, 5.41) is 11.4. The van der Waals surface area contributed by atoms with E-state index in [0.717, 1.165) is 5.57 Å². The van der Waals surface area contributed by atoms with Gasteiger partial charge in [-0.25, -0.2) is 9.59 Å². The topological polar surface area (TPSA) is 72.8 Å². The molecule has 2 fully saturated rings. The van der Waals surface area contributed by atoms with Gasteiger partial charge in [-0.1, -0.05) is 19.9 Å². The number of hydrogen-bond donors (Lipinski definition) is 1. The van der Waals surface area contributed by atoms with Crippen LogP contribution in [0.15, 0.2) is 22.8 Å². The van der Waals surface area contributed by atoms with Crippen LogP contribution >= 0.6 is 0 Å². The Hall–Kier alpha value is -1.62. The molecule has 2 aliphatic carbocycles. The number of rotatable bonds is 2. The number of esters is 2. The van der Waals surface area contributed by atoms with Crippen LogP contribution in [0.4, 0.5) is 0 Å². The Morgan fingerprint density at radius 2 is 2.12 bits per heavy atom. The van der Waals surface area contributed by atoms with E-state index in [-0.39, 0.29) is 30.1 Å².